The maximum Gasteiger partial charge on any atom is 0.143 e. The molecule has 0 heterocycles. The fourth-order valence-electron chi connectivity index (χ4n) is 2.25. The minimum absolute atomic E-state index is 0.114. The van der Waals surface area contributed by atoms with Crippen LogP contribution in [0.4, 0.5) is 5.69 Å². The standard InChI is InChI=1S/C17H30N2O3/c1-5-19(9-10-20)16-7-6-15(13-18-8-11-21-4)12-17(16)22-14(2)3/h6-7,12,14,18,20H,5,8-11,13H2,1-4H3. The molecule has 0 aliphatic carbocycles. The first kappa shape index (κ1) is 18.7. The van der Waals surface area contributed by atoms with E-state index >= 15 is 0 Å². The van der Waals surface area contributed by atoms with Gasteiger partial charge in [-0.3, -0.25) is 0 Å². The molecule has 0 spiro atoms. The molecule has 0 fully saturated rings. The van der Waals surface area contributed by atoms with Gasteiger partial charge in [0.1, 0.15) is 5.75 Å². The molecule has 0 atom stereocenters. The number of benzene rings is 1. The largest absolute Gasteiger partial charge is 0.489 e. The van der Waals surface area contributed by atoms with Crippen LogP contribution in [-0.4, -0.2) is 51.2 Å². The molecule has 0 aliphatic rings. The van der Waals surface area contributed by atoms with Gasteiger partial charge in [-0.1, -0.05) is 6.07 Å². The van der Waals surface area contributed by atoms with Crippen molar-refractivity contribution in [3.8, 4) is 5.75 Å². The number of rotatable bonds is 11. The van der Waals surface area contributed by atoms with Gasteiger partial charge in [-0.2, -0.15) is 0 Å². The Balaban J connectivity index is 2.87. The summed E-state index contributed by atoms with van der Waals surface area (Å²) in [5.41, 5.74) is 2.21. The number of anilines is 1. The first-order valence-electron chi connectivity index (χ1n) is 7.97. The highest BCUT2D eigenvalue weighted by Gasteiger charge is 2.12. The zero-order valence-corrected chi connectivity index (χ0v) is 14.3. The molecule has 0 aromatic heterocycles. The molecule has 0 aliphatic heterocycles. The zero-order chi connectivity index (χ0) is 16.4. The number of likely N-dealkylation sites (N-methyl/N-ethyl adjacent to an activating group) is 1. The van der Waals surface area contributed by atoms with Crippen molar-refractivity contribution in [3.63, 3.8) is 0 Å². The first-order valence-corrected chi connectivity index (χ1v) is 7.97. The Morgan fingerprint density at radius 3 is 2.68 bits per heavy atom. The van der Waals surface area contributed by atoms with Crippen molar-refractivity contribution in [1.82, 2.24) is 5.32 Å². The van der Waals surface area contributed by atoms with Crippen LogP contribution in [0.3, 0.4) is 0 Å². The minimum Gasteiger partial charge on any atom is -0.489 e. The fourth-order valence-corrected chi connectivity index (χ4v) is 2.25. The molecule has 1 rings (SSSR count). The third-order valence-corrected chi connectivity index (χ3v) is 3.29. The predicted octanol–water partition coefficient (Wildman–Crippen LogP) is 2.03. The lowest BCUT2D eigenvalue weighted by molar-refractivity contribution is 0.199. The second kappa shape index (κ2) is 10.4. The molecule has 22 heavy (non-hydrogen) atoms. The van der Waals surface area contributed by atoms with Crippen LogP contribution < -0.4 is 15.0 Å². The Kier molecular flexibility index (Phi) is 8.89. The van der Waals surface area contributed by atoms with E-state index in [0.717, 1.165) is 31.1 Å². The molecule has 2 N–H and O–H groups in total. The molecule has 0 radical (unpaired) electrons. The van der Waals surface area contributed by atoms with Crippen LogP contribution in [-0.2, 0) is 11.3 Å². The van der Waals surface area contributed by atoms with Crippen LogP contribution >= 0.6 is 0 Å². The van der Waals surface area contributed by atoms with Crippen molar-refractivity contribution < 1.29 is 14.6 Å². The number of aliphatic hydroxyl groups excluding tert-OH is 1. The summed E-state index contributed by atoms with van der Waals surface area (Å²) < 4.78 is 11.0. The van der Waals surface area contributed by atoms with Crippen molar-refractivity contribution in [1.29, 1.82) is 0 Å². The van der Waals surface area contributed by atoms with E-state index in [1.165, 1.54) is 5.56 Å². The van der Waals surface area contributed by atoms with Gasteiger partial charge >= 0.3 is 0 Å². The number of hydrogen-bond donors (Lipinski definition) is 2. The number of nitrogens with zero attached hydrogens (tertiary/aromatic N) is 1. The zero-order valence-electron chi connectivity index (χ0n) is 14.3. The van der Waals surface area contributed by atoms with E-state index < -0.39 is 0 Å². The van der Waals surface area contributed by atoms with E-state index in [1.54, 1.807) is 7.11 Å². The number of methoxy groups -OCH3 is 1. The number of nitrogens with one attached hydrogen (secondary N) is 1. The monoisotopic (exact) mass is 310 g/mol. The van der Waals surface area contributed by atoms with Gasteiger partial charge in [0.05, 0.1) is 25.0 Å². The number of aliphatic hydroxyl groups is 1. The molecular formula is C17H30N2O3. The van der Waals surface area contributed by atoms with Gasteiger partial charge in [-0.05, 0) is 38.5 Å². The van der Waals surface area contributed by atoms with E-state index in [4.69, 9.17) is 9.47 Å². The SMILES string of the molecule is CCN(CCO)c1ccc(CNCCOC)cc1OC(C)C. The van der Waals surface area contributed by atoms with Gasteiger partial charge in [0.25, 0.3) is 0 Å². The van der Waals surface area contributed by atoms with Crippen molar-refractivity contribution in [2.24, 2.45) is 0 Å². The maximum absolute atomic E-state index is 9.22. The molecular weight excluding hydrogens is 280 g/mol. The summed E-state index contributed by atoms with van der Waals surface area (Å²) in [7, 11) is 1.70. The lowest BCUT2D eigenvalue weighted by Crippen LogP contribution is -2.27. The van der Waals surface area contributed by atoms with Crippen LogP contribution in [0, 0.1) is 0 Å². The van der Waals surface area contributed by atoms with E-state index in [9.17, 15) is 5.11 Å². The second-order valence-electron chi connectivity index (χ2n) is 5.44. The van der Waals surface area contributed by atoms with Gasteiger partial charge in [-0.15, -0.1) is 0 Å². The van der Waals surface area contributed by atoms with Crippen LogP contribution in [0.1, 0.15) is 26.3 Å². The number of hydrogen-bond acceptors (Lipinski definition) is 5. The summed E-state index contributed by atoms with van der Waals surface area (Å²) in [6.07, 6.45) is 0.114. The van der Waals surface area contributed by atoms with Gasteiger partial charge in [0.2, 0.25) is 0 Å². The lowest BCUT2D eigenvalue weighted by Gasteiger charge is -2.26. The Hall–Kier alpha value is -1.30. The van der Waals surface area contributed by atoms with Crippen LogP contribution in [0.2, 0.25) is 0 Å². The lowest BCUT2D eigenvalue weighted by atomic mass is 10.1. The van der Waals surface area contributed by atoms with Crippen molar-refractivity contribution in [2.75, 3.05) is 44.9 Å². The van der Waals surface area contributed by atoms with Crippen LogP contribution in [0.5, 0.6) is 5.75 Å². The van der Waals surface area contributed by atoms with Crippen molar-refractivity contribution in [3.05, 3.63) is 23.8 Å². The van der Waals surface area contributed by atoms with E-state index in [1.807, 2.05) is 13.8 Å². The van der Waals surface area contributed by atoms with Crippen molar-refractivity contribution in [2.45, 2.75) is 33.4 Å². The molecule has 0 saturated heterocycles. The summed E-state index contributed by atoms with van der Waals surface area (Å²) in [5, 5.41) is 12.6. The van der Waals surface area contributed by atoms with Crippen LogP contribution in [0.15, 0.2) is 18.2 Å². The third-order valence-electron chi connectivity index (χ3n) is 3.29. The molecule has 126 valence electrons. The Labute approximate surface area is 134 Å². The molecule has 0 bridgehead atoms. The molecule has 0 unspecified atom stereocenters. The molecule has 0 amide bonds. The maximum atomic E-state index is 9.22. The molecule has 1 aromatic rings. The van der Waals surface area contributed by atoms with Crippen LogP contribution in [0.25, 0.3) is 0 Å². The number of ether oxygens (including phenoxy) is 2. The Morgan fingerprint density at radius 1 is 1.32 bits per heavy atom. The van der Waals surface area contributed by atoms with Gasteiger partial charge in [0, 0.05) is 33.3 Å². The quantitative estimate of drug-likeness (QED) is 0.613. The fraction of sp³-hybridized carbons (Fsp3) is 0.647. The topological polar surface area (TPSA) is 54.0 Å². The third kappa shape index (κ3) is 6.22. The summed E-state index contributed by atoms with van der Waals surface area (Å²) in [6.45, 7) is 10.0. The van der Waals surface area contributed by atoms with E-state index in [-0.39, 0.29) is 12.7 Å². The minimum atomic E-state index is 0.114. The van der Waals surface area contributed by atoms with Gasteiger partial charge < -0.3 is 24.8 Å². The summed E-state index contributed by atoms with van der Waals surface area (Å²) in [5.74, 6) is 0.872. The summed E-state index contributed by atoms with van der Waals surface area (Å²) >= 11 is 0. The molecule has 5 heteroatoms. The first-order chi connectivity index (χ1) is 10.6. The van der Waals surface area contributed by atoms with Gasteiger partial charge in [-0.25, -0.2) is 0 Å². The predicted molar refractivity (Wildman–Crippen MR) is 90.8 cm³/mol. The van der Waals surface area contributed by atoms with E-state index in [0.29, 0.717) is 13.2 Å². The Morgan fingerprint density at radius 2 is 2.09 bits per heavy atom. The Bertz CT molecular complexity index is 424. The average Bonchev–Trinajstić information content (AvgIpc) is 2.49. The van der Waals surface area contributed by atoms with Gasteiger partial charge in [0.15, 0.2) is 0 Å². The van der Waals surface area contributed by atoms with Crippen molar-refractivity contribution >= 4 is 5.69 Å². The summed E-state index contributed by atoms with van der Waals surface area (Å²) in [6, 6.07) is 6.25. The molecule has 5 nitrogen and oxygen atoms in total. The highest BCUT2D eigenvalue weighted by atomic mass is 16.5. The highest BCUT2D eigenvalue weighted by Crippen LogP contribution is 2.30. The average molecular weight is 310 g/mol. The normalized spacial score (nSPS) is 11.0. The smallest absolute Gasteiger partial charge is 0.143 e. The van der Waals surface area contributed by atoms with E-state index in [2.05, 4.69) is 35.3 Å². The molecule has 1 aromatic carbocycles. The summed E-state index contributed by atoms with van der Waals surface area (Å²) in [4.78, 5) is 2.12. The molecule has 0 saturated carbocycles. The highest BCUT2D eigenvalue weighted by molar-refractivity contribution is 5.60. The second-order valence-corrected chi connectivity index (χ2v) is 5.44.